The Bertz CT molecular complexity index is 247. The Labute approximate surface area is 101 Å². The average molecular weight is 246 g/mol. The first kappa shape index (κ1) is 11.8. The fourth-order valence-corrected chi connectivity index (χ4v) is 4.86. The molecule has 4 aliphatic rings. The largest absolute Gasteiger partial charge is 0.375 e. The van der Waals surface area contributed by atoms with Crippen molar-refractivity contribution >= 4 is 0 Å². The van der Waals surface area contributed by atoms with E-state index in [1.54, 1.807) is 0 Å². The van der Waals surface area contributed by atoms with Gasteiger partial charge in [0.25, 0.3) is 6.36 Å². The van der Waals surface area contributed by atoms with Crippen LogP contribution in [0.3, 0.4) is 0 Å². The van der Waals surface area contributed by atoms with Gasteiger partial charge in [-0.15, -0.1) is 0 Å². The molecular formula is C13H20F2O2. The highest BCUT2D eigenvalue weighted by molar-refractivity contribution is 5.01. The molecule has 0 amide bonds. The minimum atomic E-state index is -1.93. The molecule has 0 aromatic rings. The summed E-state index contributed by atoms with van der Waals surface area (Å²) in [6.45, 7) is 0.304. The number of ether oxygens (including phenoxy) is 1. The molecule has 98 valence electrons. The van der Waals surface area contributed by atoms with Crippen LogP contribution in [0.1, 0.15) is 38.5 Å². The minimum absolute atomic E-state index is 0.269. The number of halogens is 2. The van der Waals surface area contributed by atoms with Crippen LogP contribution in [-0.2, 0) is 9.68 Å². The first-order valence-corrected chi connectivity index (χ1v) is 6.68. The summed E-state index contributed by atoms with van der Waals surface area (Å²) in [5.74, 6) is 2.59. The second-order valence-electron chi connectivity index (χ2n) is 6.43. The average Bonchev–Trinajstić information content (AvgIpc) is 2.26. The minimum Gasteiger partial charge on any atom is -0.375 e. The summed E-state index contributed by atoms with van der Waals surface area (Å²) in [7, 11) is 0. The van der Waals surface area contributed by atoms with Gasteiger partial charge >= 0.3 is 0 Å². The van der Waals surface area contributed by atoms with E-state index in [0.717, 1.165) is 17.8 Å². The Morgan fingerprint density at radius 1 is 1.06 bits per heavy atom. The molecule has 4 heteroatoms. The quantitative estimate of drug-likeness (QED) is 0.740. The van der Waals surface area contributed by atoms with Gasteiger partial charge in [-0.05, 0) is 66.2 Å². The van der Waals surface area contributed by atoms with Crippen molar-refractivity contribution in [3.8, 4) is 0 Å². The molecular weight excluding hydrogens is 226 g/mol. The molecule has 0 N–H and O–H groups in total. The van der Waals surface area contributed by atoms with E-state index in [9.17, 15) is 8.92 Å². The van der Waals surface area contributed by atoms with Crippen molar-refractivity contribution in [2.75, 3.05) is 13.2 Å². The monoisotopic (exact) mass is 246 g/mol. The van der Waals surface area contributed by atoms with Crippen molar-refractivity contribution in [3.63, 3.8) is 0 Å². The molecule has 0 spiro atoms. The maximum Gasteiger partial charge on any atom is 0.259 e. The molecule has 2 nitrogen and oxygen atoms in total. The zero-order valence-corrected chi connectivity index (χ0v) is 10.0. The lowest BCUT2D eigenvalue weighted by Gasteiger charge is -2.56. The Kier molecular flexibility index (Phi) is 3.11. The zero-order valence-electron chi connectivity index (χ0n) is 10.0. The third-order valence-electron chi connectivity index (χ3n) is 4.92. The standard InChI is InChI=1S/C13H20F2O2/c14-12(17-15)7-16-8-13-4-9-1-10(5-13)3-11(2-9)6-13/h9-12H,1-8H2. The molecule has 4 aliphatic carbocycles. The van der Waals surface area contributed by atoms with E-state index < -0.39 is 6.36 Å². The molecule has 4 fully saturated rings. The fraction of sp³-hybridized carbons (Fsp3) is 1.00. The van der Waals surface area contributed by atoms with Gasteiger partial charge in [-0.2, -0.15) is 4.94 Å². The van der Waals surface area contributed by atoms with Crippen LogP contribution >= 0.6 is 0 Å². The number of rotatable bonds is 5. The van der Waals surface area contributed by atoms with Crippen molar-refractivity contribution in [2.24, 2.45) is 23.2 Å². The second-order valence-corrected chi connectivity index (χ2v) is 6.43. The molecule has 1 atom stereocenters. The van der Waals surface area contributed by atoms with Crippen LogP contribution < -0.4 is 0 Å². The summed E-state index contributed by atoms with van der Waals surface area (Å²) in [6, 6.07) is 0. The van der Waals surface area contributed by atoms with Crippen LogP contribution in [0.5, 0.6) is 0 Å². The first-order chi connectivity index (χ1) is 8.19. The van der Waals surface area contributed by atoms with Gasteiger partial charge in [0.15, 0.2) is 0 Å². The van der Waals surface area contributed by atoms with Gasteiger partial charge < -0.3 is 4.74 Å². The van der Waals surface area contributed by atoms with E-state index in [1.165, 1.54) is 38.5 Å². The molecule has 0 aromatic carbocycles. The van der Waals surface area contributed by atoms with E-state index in [2.05, 4.69) is 4.94 Å². The highest BCUT2D eigenvalue weighted by Crippen LogP contribution is 2.59. The Hall–Kier alpha value is -0.220. The van der Waals surface area contributed by atoms with E-state index in [4.69, 9.17) is 4.74 Å². The topological polar surface area (TPSA) is 18.5 Å². The van der Waals surface area contributed by atoms with Gasteiger partial charge in [0.2, 0.25) is 0 Å². The first-order valence-electron chi connectivity index (χ1n) is 6.68. The summed E-state index contributed by atoms with van der Waals surface area (Å²) < 4.78 is 29.4. The van der Waals surface area contributed by atoms with E-state index in [1.807, 2.05) is 0 Å². The Balaban J connectivity index is 1.55. The van der Waals surface area contributed by atoms with Crippen molar-refractivity contribution in [1.29, 1.82) is 0 Å². The van der Waals surface area contributed by atoms with Crippen LogP contribution in [0.15, 0.2) is 0 Å². The molecule has 17 heavy (non-hydrogen) atoms. The van der Waals surface area contributed by atoms with E-state index in [0.29, 0.717) is 6.61 Å². The van der Waals surface area contributed by atoms with Crippen molar-refractivity contribution < 1.29 is 18.6 Å². The lowest BCUT2D eigenvalue weighted by atomic mass is 9.50. The highest BCUT2D eigenvalue weighted by Gasteiger charge is 2.50. The fourth-order valence-electron chi connectivity index (χ4n) is 4.86. The molecule has 0 heterocycles. The third kappa shape index (κ3) is 2.34. The molecule has 0 aromatic heterocycles. The van der Waals surface area contributed by atoms with Gasteiger partial charge in [-0.25, -0.2) is 4.39 Å². The zero-order chi connectivity index (χ0) is 11.9. The smallest absolute Gasteiger partial charge is 0.259 e. The van der Waals surface area contributed by atoms with Crippen LogP contribution in [0.2, 0.25) is 0 Å². The van der Waals surface area contributed by atoms with Crippen LogP contribution in [0.25, 0.3) is 0 Å². The maximum absolute atomic E-state index is 12.6. The number of alkyl halides is 1. The normalized spacial score (nSPS) is 45.2. The molecule has 0 radical (unpaired) electrons. The SMILES string of the molecule is FOC(F)COCC12CC3CC(CC(C3)C1)C2. The lowest BCUT2D eigenvalue weighted by Crippen LogP contribution is -2.48. The predicted octanol–water partition coefficient (Wildman–Crippen LogP) is 3.42. The van der Waals surface area contributed by atoms with Crippen LogP contribution in [0.4, 0.5) is 8.92 Å². The summed E-state index contributed by atoms with van der Waals surface area (Å²) in [4.78, 5) is 3.08. The van der Waals surface area contributed by atoms with Gasteiger partial charge in [0.05, 0.1) is 6.61 Å². The van der Waals surface area contributed by atoms with Crippen molar-refractivity contribution in [3.05, 3.63) is 0 Å². The second kappa shape index (κ2) is 4.47. The summed E-state index contributed by atoms with van der Waals surface area (Å²) in [5, 5.41) is 0. The molecule has 4 saturated carbocycles. The summed E-state index contributed by atoms with van der Waals surface area (Å²) >= 11 is 0. The Morgan fingerprint density at radius 2 is 1.59 bits per heavy atom. The Morgan fingerprint density at radius 3 is 2.06 bits per heavy atom. The molecule has 0 saturated heterocycles. The number of hydrogen-bond donors (Lipinski definition) is 0. The van der Waals surface area contributed by atoms with Gasteiger partial charge in [0.1, 0.15) is 6.61 Å². The maximum atomic E-state index is 12.6. The lowest BCUT2D eigenvalue weighted by molar-refractivity contribution is -0.245. The summed E-state index contributed by atoms with van der Waals surface area (Å²) in [6.07, 6.45) is 5.92. The van der Waals surface area contributed by atoms with Crippen LogP contribution in [-0.4, -0.2) is 19.6 Å². The van der Waals surface area contributed by atoms with E-state index >= 15 is 0 Å². The van der Waals surface area contributed by atoms with Gasteiger partial charge in [-0.3, -0.25) is 0 Å². The van der Waals surface area contributed by atoms with Gasteiger partial charge in [-0.1, -0.05) is 0 Å². The molecule has 4 bridgehead atoms. The molecule has 1 unspecified atom stereocenters. The predicted molar refractivity (Wildman–Crippen MR) is 58.5 cm³/mol. The highest BCUT2D eigenvalue weighted by atomic mass is 19.3. The van der Waals surface area contributed by atoms with Crippen LogP contribution in [0, 0.1) is 23.2 Å². The third-order valence-corrected chi connectivity index (χ3v) is 4.92. The molecule has 4 rings (SSSR count). The molecule has 0 aliphatic heterocycles. The van der Waals surface area contributed by atoms with Crippen molar-refractivity contribution in [1.82, 2.24) is 0 Å². The number of hydrogen-bond acceptors (Lipinski definition) is 2. The van der Waals surface area contributed by atoms with Gasteiger partial charge in [0, 0.05) is 0 Å². The summed E-state index contributed by atoms with van der Waals surface area (Å²) in [5.41, 5.74) is 0.269. The van der Waals surface area contributed by atoms with Crippen molar-refractivity contribution in [2.45, 2.75) is 44.9 Å². The van der Waals surface area contributed by atoms with E-state index in [-0.39, 0.29) is 12.0 Å².